The number of carbonyl (C=O) groups excluding carboxylic acids is 1. The van der Waals surface area contributed by atoms with E-state index in [9.17, 15) is 13.2 Å². The first kappa shape index (κ1) is 21.2. The summed E-state index contributed by atoms with van der Waals surface area (Å²) in [5.74, 6) is 0.301. The summed E-state index contributed by atoms with van der Waals surface area (Å²) in [6.07, 6.45) is 5.57. The van der Waals surface area contributed by atoms with Gasteiger partial charge in [0.15, 0.2) is 5.76 Å². The van der Waals surface area contributed by atoms with Crippen LogP contribution < -0.4 is 10.0 Å². The Bertz CT molecular complexity index is 974. The normalized spacial score (nSPS) is 17.1. The predicted octanol–water partition coefficient (Wildman–Crippen LogP) is 2.96. The number of ether oxygens (including phenoxy) is 1. The van der Waals surface area contributed by atoms with Gasteiger partial charge >= 0.3 is 0 Å². The highest BCUT2D eigenvalue weighted by Gasteiger charge is 2.20. The molecule has 0 saturated carbocycles. The zero-order chi connectivity index (χ0) is 20.9. The maximum Gasteiger partial charge on any atom is 0.240 e. The molecule has 8 nitrogen and oxygen atoms in total. The topological polar surface area (TPSA) is 111 Å². The molecule has 2 aromatic rings. The highest BCUT2D eigenvalue weighted by Crippen LogP contribution is 2.23. The fourth-order valence-electron chi connectivity index (χ4n) is 2.90. The summed E-state index contributed by atoms with van der Waals surface area (Å²) in [5.41, 5.74) is 1.90. The number of anilines is 1. The van der Waals surface area contributed by atoms with E-state index in [-0.39, 0.29) is 23.5 Å². The molecule has 1 atom stereocenters. The Labute approximate surface area is 170 Å². The molecule has 1 saturated heterocycles. The zero-order valence-corrected chi connectivity index (χ0v) is 17.3. The summed E-state index contributed by atoms with van der Waals surface area (Å²) in [6.45, 7) is 4.47. The second-order valence-corrected chi connectivity index (χ2v) is 8.57. The Balaban J connectivity index is 1.67. The molecule has 1 aliphatic rings. The van der Waals surface area contributed by atoms with Crippen molar-refractivity contribution in [1.29, 1.82) is 0 Å². The number of aryl methyl sites for hydroxylation is 1. The Morgan fingerprint density at radius 3 is 2.69 bits per heavy atom. The largest absolute Gasteiger partial charge is 0.377 e. The molecule has 1 unspecified atom stereocenters. The minimum atomic E-state index is -3.58. The number of sulfonamides is 1. The minimum Gasteiger partial charge on any atom is -0.377 e. The van der Waals surface area contributed by atoms with Crippen LogP contribution in [-0.2, 0) is 19.6 Å². The molecule has 2 N–H and O–H groups in total. The Morgan fingerprint density at radius 2 is 2.03 bits per heavy atom. The van der Waals surface area contributed by atoms with Crippen LogP contribution >= 0.6 is 0 Å². The summed E-state index contributed by atoms with van der Waals surface area (Å²) in [4.78, 5) is 11.8. The SMILES string of the molecule is CCC(=O)Nc1c(C)noc1C=Cc1ccc(S(=O)(=O)NCC2CCCO2)cc1. The second-order valence-electron chi connectivity index (χ2n) is 6.80. The summed E-state index contributed by atoms with van der Waals surface area (Å²) in [6, 6.07) is 6.49. The average molecular weight is 420 g/mol. The molecule has 1 aromatic carbocycles. The third kappa shape index (κ3) is 5.53. The molecule has 1 fully saturated rings. The molecule has 0 spiro atoms. The fourth-order valence-corrected chi connectivity index (χ4v) is 3.97. The Hall–Kier alpha value is -2.49. The lowest BCUT2D eigenvalue weighted by atomic mass is 10.2. The van der Waals surface area contributed by atoms with Crippen LogP contribution in [0.25, 0.3) is 12.2 Å². The van der Waals surface area contributed by atoms with Gasteiger partial charge in [-0.15, -0.1) is 0 Å². The molecule has 0 aliphatic carbocycles. The lowest BCUT2D eigenvalue weighted by molar-refractivity contribution is -0.115. The van der Waals surface area contributed by atoms with Crippen molar-refractivity contribution in [3.8, 4) is 0 Å². The van der Waals surface area contributed by atoms with Gasteiger partial charge in [-0.3, -0.25) is 4.79 Å². The van der Waals surface area contributed by atoms with Gasteiger partial charge in [0.05, 0.1) is 11.0 Å². The molecule has 156 valence electrons. The molecule has 0 bridgehead atoms. The number of hydrogen-bond acceptors (Lipinski definition) is 6. The van der Waals surface area contributed by atoms with E-state index in [1.54, 1.807) is 50.3 Å². The number of rotatable bonds is 8. The van der Waals surface area contributed by atoms with Gasteiger partial charge in [-0.1, -0.05) is 30.3 Å². The van der Waals surface area contributed by atoms with Gasteiger partial charge in [0.25, 0.3) is 0 Å². The number of amides is 1. The van der Waals surface area contributed by atoms with Gasteiger partial charge in [0, 0.05) is 19.6 Å². The number of aromatic nitrogens is 1. The Morgan fingerprint density at radius 1 is 1.28 bits per heavy atom. The van der Waals surface area contributed by atoms with Crippen molar-refractivity contribution in [2.45, 2.75) is 44.1 Å². The summed E-state index contributed by atoms with van der Waals surface area (Å²) < 4.78 is 38.1. The third-order valence-electron chi connectivity index (χ3n) is 4.62. The van der Waals surface area contributed by atoms with Crippen LogP contribution in [0.2, 0.25) is 0 Å². The molecule has 1 aliphatic heterocycles. The highest BCUT2D eigenvalue weighted by atomic mass is 32.2. The van der Waals surface area contributed by atoms with Gasteiger partial charge < -0.3 is 14.6 Å². The van der Waals surface area contributed by atoms with Crippen LogP contribution in [0.3, 0.4) is 0 Å². The number of benzene rings is 1. The first-order valence-corrected chi connectivity index (χ1v) is 11.0. The van der Waals surface area contributed by atoms with Crippen molar-refractivity contribution in [2.75, 3.05) is 18.5 Å². The first-order chi connectivity index (χ1) is 13.9. The smallest absolute Gasteiger partial charge is 0.240 e. The van der Waals surface area contributed by atoms with E-state index in [4.69, 9.17) is 9.26 Å². The van der Waals surface area contributed by atoms with E-state index in [1.165, 1.54) is 0 Å². The maximum absolute atomic E-state index is 12.4. The summed E-state index contributed by atoms with van der Waals surface area (Å²) in [7, 11) is -3.58. The molecular weight excluding hydrogens is 394 g/mol. The molecule has 9 heteroatoms. The third-order valence-corrected chi connectivity index (χ3v) is 6.06. The first-order valence-electron chi connectivity index (χ1n) is 9.54. The molecule has 2 heterocycles. The number of hydrogen-bond donors (Lipinski definition) is 2. The monoisotopic (exact) mass is 419 g/mol. The zero-order valence-electron chi connectivity index (χ0n) is 16.5. The second kappa shape index (κ2) is 9.34. The van der Waals surface area contributed by atoms with E-state index in [2.05, 4.69) is 15.2 Å². The standard InChI is InChI=1S/C20H25N3O5S/c1-3-19(24)22-20-14(2)23-28-18(20)11-8-15-6-9-17(10-7-15)29(25,26)21-13-16-5-4-12-27-16/h6-11,16,21H,3-5,12-13H2,1-2H3,(H,22,24). The van der Waals surface area contributed by atoms with Crippen molar-refractivity contribution < 1.29 is 22.5 Å². The van der Waals surface area contributed by atoms with E-state index in [0.29, 0.717) is 30.2 Å². The lowest BCUT2D eigenvalue weighted by Gasteiger charge is -2.11. The van der Waals surface area contributed by atoms with Gasteiger partial charge in [0.2, 0.25) is 15.9 Å². The average Bonchev–Trinajstić information content (AvgIpc) is 3.36. The molecule has 29 heavy (non-hydrogen) atoms. The highest BCUT2D eigenvalue weighted by molar-refractivity contribution is 7.89. The Kier molecular flexibility index (Phi) is 6.83. The van der Waals surface area contributed by atoms with Crippen molar-refractivity contribution in [2.24, 2.45) is 0 Å². The van der Waals surface area contributed by atoms with Gasteiger partial charge in [-0.05, 0) is 43.5 Å². The van der Waals surface area contributed by atoms with Gasteiger partial charge in [0.1, 0.15) is 11.4 Å². The number of nitrogens with zero attached hydrogens (tertiary/aromatic N) is 1. The molecule has 0 radical (unpaired) electrons. The van der Waals surface area contributed by atoms with Gasteiger partial charge in [-0.2, -0.15) is 0 Å². The fraction of sp³-hybridized carbons (Fsp3) is 0.400. The number of carbonyl (C=O) groups is 1. The molecule has 1 amide bonds. The van der Waals surface area contributed by atoms with Crippen molar-refractivity contribution in [3.05, 3.63) is 41.3 Å². The van der Waals surface area contributed by atoms with Gasteiger partial charge in [-0.25, -0.2) is 13.1 Å². The van der Waals surface area contributed by atoms with E-state index >= 15 is 0 Å². The predicted molar refractivity (Wildman–Crippen MR) is 110 cm³/mol. The lowest BCUT2D eigenvalue weighted by Crippen LogP contribution is -2.31. The summed E-state index contributed by atoms with van der Waals surface area (Å²) >= 11 is 0. The van der Waals surface area contributed by atoms with Crippen molar-refractivity contribution in [3.63, 3.8) is 0 Å². The van der Waals surface area contributed by atoms with Crippen LogP contribution in [0.5, 0.6) is 0 Å². The van der Waals surface area contributed by atoms with Crippen LogP contribution in [0.1, 0.15) is 43.2 Å². The van der Waals surface area contributed by atoms with Crippen LogP contribution in [0.4, 0.5) is 5.69 Å². The van der Waals surface area contributed by atoms with E-state index in [0.717, 1.165) is 18.4 Å². The molecular formula is C20H25N3O5S. The van der Waals surface area contributed by atoms with E-state index in [1.807, 2.05) is 0 Å². The number of nitrogens with one attached hydrogen (secondary N) is 2. The van der Waals surface area contributed by atoms with Crippen molar-refractivity contribution in [1.82, 2.24) is 9.88 Å². The van der Waals surface area contributed by atoms with Crippen molar-refractivity contribution >= 4 is 33.8 Å². The maximum atomic E-state index is 12.4. The molecule has 3 rings (SSSR count). The van der Waals surface area contributed by atoms with Crippen LogP contribution in [-0.4, -0.2) is 38.7 Å². The molecule has 1 aromatic heterocycles. The van der Waals surface area contributed by atoms with E-state index < -0.39 is 10.0 Å². The van der Waals surface area contributed by atoms with Crippen LogP contribution in [0.15, 0.2) is 33.7 Å². The quantitative estimate of drug-likeness (QED) is 0.681. The minimum absolute atomic E-state index is 0.0558. The summed E-state index contributed by atoms with van der Waals surface area (Å²) in [5, 5.41) is 6.64. The van der Waals surface area contributed by atoms with Crippen LogP contribution in [0, 0.1) is 6.92 Å².